The molecule has 3 aromatic carbocycles. The Morgan fingerprint density at radius 1 is 0.909 bits per heavy atom. The summed E-state index contributed by atoms with van der Waals surface area (Å²) in [6.45, 7) is 7.14. The minimum atomic E-state index is -0.416. The first-order chi connectivity index (χ1) is 15.9. The molecule has 4 rings (SSSR count). The number of nitrogens with one attached hydrogen (secondary N) is 1. The zero-order chi connectivity index (χ0) is 23.5. The van der Waals surface area contributed by atoms with Crippen molar-refractivity contribution in [3.63, 3.8) is 0 Å². The maximum atomic E-state index is 13.1. The molecule has 0 bridgehead atoms. The van der Waals surface area contributed by atoms with E-state index in [9.17, 15) is 14.4 Å². The molecule has 3 aromatic rings. The average Bonchev–Trinajstić information content (AvgIpc) is 3.07. The van der Waals surface area contributed by atoms with Gasteiger partial charge in [-0.05, 0) is 67.3 Å². The lowest BCUT2D eigenvalue weighted by atomic mass is 10.0. The fourth-order valence-electron chi connectivity index (χ4n) is 3.92. The van der Waals surface area contributed by atoms with Gasteiger partial charge in [0.15, 0.2) is 0 Å². The third-order valence-electron chi connectivity index (χ3n) is 5.77. The molecule has 6 nitrogen and oxygen atoms in total. The number of hydrogen-bond donors (Lipinski definition) is 1. The van der Waals surface area contributed by atoms with Crippen LogP contribution in [-0.2, 0) is 17.9 Å². The number of imide groups is 1. The Bertz CT molecular complexity index is 1250. The summed E-state index contributed by atoms with van der Waals surface area (Å²) in [6.07, 6.45) is 0. The van der Waals surface area contributed by atoms with Gasteiger partial charge in [-0.2, -0.15) is 0 Å². The van der Waals surface area contributed by atoms with Gasteiger partial charge >= 0.3 is 0 Å². The van der Waals surface area contributed by atoms with Crippen LogP contribution >= 0.6 is 0 Å². The number of ether oxygens (including phenoxy) is 1. The van der Waals surface area contributed by atoms with Gasteiger partial charge in [-0.1, -0.05) is 36.4 Å². The predicted octanol–water partition coefficient (Wildman–Crippen LogP) is 4.57. The van der Waals surface area contributed by atoms with Crippen LogP contribution in [0.15, 0.2) is 60.7 Å². The molecular formula is C27H26N2O4. The number of rotatable bonds is 7. The number of amides is 3. The summed E-state index contributed by atoms with van der Waals surface area (Å²) in [5.74, 6) is -1.10. The fraction of sp³-hybridized carbons (Fsp3) is 0.222. The van der Waals surface area contributed by atoms with Crippen LogP contribution in [-0.4, -0.2) is 24.3 Å². The molecule has 0 aliphatic carbocycles. The van der Waals surface area contributed by atoms with E-state index in [4.69, 9.17) is 4.74 Å². The van der Waals surface area contributed by atoms with E-state index in [2.05, 4.69) is 5.32 Å². The zero-order valence-corrected chi connectivity index (χ0v) is 19.0. The van der Waals surface area contributed by atoms with E-state index >= 15 is 0 Å². The Kier molecular flexibility index (Phi) is 6.38. The van der Waals surface area contributed by atoms with Gasteiger partial charge in [-0.25, -0.2) is 4.90 Å². The first-order valence-corrected chi connectivity index (χ1v) is 10.9. The highest BCUT2D eigenvalue weighted by Gasteiger charge is 2.37. The highest BCUT2D eigenvalue weighted by Crippen LogP contribution is 2.31. The molecule has 0 fully saturated rings. The first-order valence-electron chi connectivity index (χ1n) is 10.9. The Morgan fingerprint density at radius 3 is 2.39 bits per heavy atom. The van der Waals surface area contributed by atoms with Crippen LogP contribution in [0.4, 0.5) is 5.69 Å². The van der Waals surface area contributed by atoms with Crippen molar-refractivity contribution in [3.05, 3.63) is 99.6 Å². The maximum absolute atomic E-state index is 13.1. The number of carbonyl (C=O) groups is 3. The number of nitrogens with zero attached hydrogens (tertiary/aromatic N) is 1. The summed E-state index contributed by atoms with van der Waals surface area (Å²) in [6, 6.07) is 18.1. The molecule has 0 aromatic heterocycles. The van der Waals surface area contributed by atoms with E-state index in [1.165, 1.54) is 11.0 Å². The standard InChI is InChI=1S/C27H26N2O4/c1-4-33-16-21-8-6-5-7-20(21)15-28-25(30)19-11-12-22-23(14-19)27(32)29(26(22)31)24-13-17(2)9-10-18(24)3/h5-14H,4,15-16H2,1-3H3,(H,28,30). The second-order valence-electron chi connectivity index (χ2n) is 8.08. The van der Waals surface area contributed by atoms with Crippen LogP contribution in [0.1, 0.15) is 60.3 Å². The Morgan fingerprint density at radius 2 is 1.64 bits per heavy atom. The molecule has 0 unspecified atom stereocenters. The average molecular weight is 443 g/mol. The molecule has 1 aliphatic rings. The number of fused-ring (bicyclic) bond motifs is 1. The van der Waals surface area contributed by atoms with Crippen molar-refractivity contribution in [2.24, 2.45) is 0 Å². The lowest BCUT2D eigenvalue weighted by molar-refractivity contribution is 0.0923. The van der Waals surface area contributed by atoms with E-state index in [1.54, 1.807) is 12.1 Å². The van der Waals surface area contributed by atoms with Gasteiger partial charge in [-0.15, -0.1) is 0 Å². The van der Waals surface area contributed by atoms with Crippen molar-refractivity contribution < 1.29 is 19.1 Å². The molecule has 168 valence electrons. The van der Waals surface area contributed by atoms with E-state index in [0.29, 0.717) is 36.6 Å². The predicted molar refractivity (Wildman–Crippen MR) is 126 cm³/mol. The van der Waals surface area contributed by atoms with Crippen LogP contribution in [0.5, 0.6) is 0 Å². The molecule has 6 heteroatoms. The summed E-state index contributed by atoms with van der Waals surface area (Å²) in [5, 5.41) is 2.90. The molecule has 1 aliphatic heterocycles. The minimum absolute atomic E-state index is 0.241. The molecule has 1 heterocycles. The number of aryl methyl sites for hydroxylation is 2. The highest BCUT2D eigenvalue weighted by molar-refractivity contribution is 6.35. The van der Waals surface area contributed by atoms with Gasteiger partial charge in [0.2, 0.25) is 0 Å². The molecular weight excluding hydrogens is 416 g/mol. The minimum Gasteiger partial charge on any atom is -0.377 e. The zero-order valence-electron chi connectivity index (χ0n) is 19.0. The third kappa shape index (κ3) is 4.43. The van der Waals surface area contributed by atoms with Gasteiger partial charge in [0.1, 0.15) is 0 Å². The maximum Gasteiger partial charge on any atom is 0.266 e. The SMILES string of the molecule is CCOCc1ccccc1CNC(=O)c1ccc2c(c1)C(=O)N(c1cc(C)ccc1C)C2=O. The fourth-order valence-corrected chi connectivity index (χ4v) is 3.92. The van der Waals surface area contributed by atoms with E-state index in [-0.39, 0.29) is 17.4 Å². The van der Waals surface area contributed by atoms with Gasteiger partial charge in [-0.3, -0.25) is 14.4 Å². The summed E-state index contributed by atoms with van der Waals surface area (Å²) >= 11 is 0. The van der Waals surface area contributed by atoms with Crippen molar-refractivity contribution >= 4 is 23.4 Å². The van der Waals surface area contributed by atoms with Crippen LogP contribution in [0.3, 0.4) is 0 Å². The Labute approximate surface area is 193 Å². The lowest BCUT2D eigenvalue weighted by Crippen LogP contribution is -2.30. The lowest BCUT2D eigenvalue weighted by Gasteiger charge is -2.17. The van der Waals surface area contributed by atoms with Gasteiger partial charge < -0.3 is 10.1 Å². The largest absolute Gasteiger partial charge is 0.377 e. The smallest absolute Gasteiger partial charge is 0.266 e. The molecule has 3 amide bonds. The Balaban J connectivity index is 1.54. The number of benzene rings is 3. The van der Waals surface area contributed by atoms with Gasteiger partial charge in [0.25, 0.3) is 17.7 Å². The van der Waals surface area contributed by atoms with Crippen molar-refractivity contribution in [1.29, 1.82) is 0 Å². The first kappa shape index (κ1) is 22.4. The second kappa shape index (κ2) is 9.38. The number of carbonyl (C=O) groups excluding carboxylic acids is 3. The van der Waals surface area contributed by atoms with E-state index < -0.39 is 5.91 Å². The second-order valence-corrected chi connectivity index (χ2v) is 8.08. The molecule has 0 saturated heterocycles. The van der Waals surface area contributed by atoms with Crippen LogP contribution in [0.2, 0.25) is 0 Å². The summed E-state index contributed by atoms with van der Waals surface area (Å²) < 4.78 is 5.50. The number of anilines is 1. The van der Waals surface area contributed by atoms with Gasteiger partial charge in [0, 0.05) is 18.7 Å². The third-order valence-corrected chi connectivity index (χ3v) is 5.77. The van der Waals surface area contributed by atoms with E-state index in [1.807, 2.05) is 63.2 Å². The Hall–Kier alpha value is -3.77. The van der Waals surface area contributed by atoms with E-state index in [0.717, 1.165) is 22.3 Å². The molecule has 33 heavy (non-hydrogen) atoms. The molecule has 0 spiro atoms. The van der Waals surface area contributed by atoms with Crippen LogP contribution < -0.4 is 10.2 Å². The number of hydrogen-bond acceptors (Lipinski definition) is 4. The summed E-state index contributed by atoms with van der Waals surface area (Å²) in [7, 11) is 0. The molecule has 0 saturated carbocycles. The van der Waals surface area contributed by atoms with Gasteiger partial charge in [0.05, 0.1) is 23.4 Å². The molecule has 0 radical (unpaired) electrons. The van der Waals surface area contributed by atoms with Crippen molar-refractivity contribution in [1.82, 2.24) is 5.32 Å². The monoisotopic (exact) mass is 442 g/mol. The van der Waals surface area contributed by atoms with Crippen molar-refractivity contribution in [2.45, 2.75) is 33.9 Å². The highest BCUT2D eigenvalue weighted by atomic mass is 16.5. The molecule has 0 atom stereocenters. The van der Waals surface area contributed by atoms with Crippen LogP contribution in [0.25, 0.3) is 0 Å². The topological polar surface area (TPSA) is 75.7 Å². The van der Waals surface area contributed by atoms with Crippen molar-refractivity contribution in [3.8, 4) is 0 Å². The van der Waals surface area contributed by atoms with Crippen molar-refractivity contribution in [2.75, 3.05) is 11.5 Å². The quantitative estimate of drug-likeness (QED) is 0.544. The molecule has 1 N–H and O–H groups in total. The normalized spacial score (nSPS) is 12.8. The van der Waals surface area contributed by atoms with Crippen LogP contribution in [0, 0.1) is 13.8 Å². The summed E-state index contributed by atoms with van der Waals surface area (Å²) in [5.41, 5.74) is 5.21. The summed E-state index contributed by atoms with van der Waals surface area (Å²) in [4.78, 5) is 40.1.